The van der Waals surface area contributed by atoms with Crippen LogP contribution < -0.4 is 5.32 Å². The summed E-state index contributed by atoms with van der Waals surface area (Å²) in [6, 6.07) is 5.40. The molecule has 1 aromatic heterocycles. The van der Waals surface area contributed by atoms with Gasteiger partial charge in [-0.25, -0.2) is 0 Å². The van der Waals surface area contributed by atoms with Gasteiger partial charge in [-0.15, -0.1) is 0 Å². The molecule has 5 nitrogen and oxygen atoms in total. The van der Waals surface area contributed by atoms with Crippen molar-refractivity contribution in [1.82, 2.24) is 10.2 Å². The van der Waals surface area contributed by atoms with E-state index in [-0.39, 0.29) is 18.7 Å². The fraction of sp³-hybridized carbons (Fsp3) is 0.182. The molecule has 0 spiro atoms. The van der Waals surface area contributed by atoms with E-state index in [1.165, 1.54) is 0 Å². The maximum Gasteiger partial charge on any atom is 0.224 e. The number of aromatic nitrogens is 2. The van der Waals surface area contributed by atoms with Crippen LogP contribution in [0.25, 0.3) is 10.9 Å². The van der Waals surface area contributed by atoms with Crippen molar-refractivity contribution in [1.29, 1.82) is 0 Å². The number of nitrogens with zero attached hydrogens (tertiary/aromatic N) is 1. The van der Waals surface area contributed by atoms with E-state index >= 15 is 0 Å². The quantitative estimate of drug-likeness (QED) is 0.817. The first kappa shape index (κ1) is 11.6. The fourth-order valence-corrected chi connectivity index (χ4v) is 1.54. The third-order valence-corrected chi connectivity index (χ3v) is 2.46. The lowest BCUT2D eigenvalue weighted by Crippen LogP contribution is -2.12. The van der Waals surface area contributed by atoms with Crippen LogP contribution in [0.5, 0.6) is 0 Å². The number of halogens is 1. The monoisotopic (exact) mass is 251 g/mol. The molecule has 0 radical (unpaired) electrons. The minimum absolute atomic E-state index is 0.0414. The summed E-state index contributed by atoms with van der Waals surface area (Å²) in [5, 5.41) is 9.83. The van der Waals surface area contributed by atoms with Crippen LogP contribution >= 0.6 is 11.6 Å². The molecule has 6 heteroatoms. The molecule has 0 unspecified atom stereocenters. The number of fused-ring (bicyclic) bond motifs is 1. The first-order valence-electron chi connectivity index (χ1n) is 5.06. The van der Waals surface area contributed by atoms with E-state index < -0.39 is 5.24 Å². The molecule has 0 atom stereocenters. The highest BCUT2D eigenvalue weighted by atomic mass is 35.5. The van der Waals surface area contributed by atoms with Crippen LogP contribution in [0.1, 0.15) is 12.8 Å². The largest absolute Gasteiger partial charge is 0.326 e. The van der Waals surface area contributed by atoms with Crippen molar-refractivity contribution in [3.63, 3.8) is 0 Å². The number of hydrogen-bond acceptors (Lipinski definition) is 3. The number of nitrogens with one attached hydrogen (secondary N) is 2. The van der Waals surface area contributed by atoms with E-state index in [1.807, 2.05) is 6.07 Å². The number of carbonyl (C=O) groups excluding carboxylic acids is 2. The lowest BCUT2D eigenvalue weighted by molar-refractivity contribution is -0.119. The number of rotatable bonds is 4. The summed E-state index contributed by atoms with van der Waals surface area (Å²) in [4.78, 5) is 22.0. The van der Waals surface area contributed by atoms with E-state index in [4.69, 9.17) is 11.6 Å². The molecule has 1 heterocycles. The molecular formula is C11H10ClN3O2. The second-order valence-electron chi connectivity index (χ2n) is 3.58. The Balaban J connectivity index is 2.02. The third kappa shape index (κ3) is 3.04. The minimum Gasteiger partial charge on any atom is -0.326 e. The van der Waals surface area contributed by atoms with Gasteiger partial charge in [0.05, 0.1) is 11.7 Å². The number of anilines is 1. The Labute approximate surface area is 102 Å². The molecule has 0 saturated heterocycles. The van der Waals surface area contributed by atoms with Gasteiger partial charge in [0, 0.05) is 23.9 Å². The molecule has 0 aliphatic carbocycles. The van der Waals surface area contributed by atoms with Crippen molar-refractivity contribution in [3.8, 4) is 0 Å². The molecule has 88 valence electrons. The maximum atomic E-state index is 11.4. The Morgan fingerprint density at radius 3 is 2.94 bits per heavy atom. The van der Waals surface area contributed by atoms with Gasteiger partial charge in [-0.1, -0.05) is 0 Å². The van der Waals surface area contributed by atoms with Crippen molar-refractivity contribution in [3.05, 3.63) is 24.4 Å². The third-order valence-electron chi connectivity index (χ3n) is 2.27. The molecule has 0 aliphatic rings. The molecule has 1 aromatic carbocycles. The van der Waals surface area contributed by atoms with Crippen LogP contribution in [0, 0.1) is 0 Å². The summed E-state index contributed by atoms with van der Waals surface area (Å²) in [6.45, 7) is 0. The van der Waals surface area contributed by atoms with Gasteiger partial charge < -0.3 is 5.32 Å². The summed E-state index contributed by atoms with van der Waals surface area (Å²) in [5.41, 5.74) is 1.50. The maximum absolute atomic E-state index is 11.4. The van der Waals surface area contributed by atoms with Gasteiger partial charge >= 0.3 is 0 Å². The Kier molecular flexibility index (Phi) is 3.39. The molecule has 0 bridgehead atoms. The zero-order valence-corrected chi connectivity index (χ0v) is 9.62. The topological polar surface area (TPSA) is 74.8 Å². The highest BCUT2D eigenvalue weighted by molar-refractivity contribution is 6.63. The SMILES string of the molecule is O=C(Cl)CCC(=O)Nc1ccc2cn[nH]c2c1. The van der Waals surface area contributed by atoms with Crippen molar-refractivity contribution in [2.24, 2.45) is 0 Å². The summed E-state index contributed by atoms with van der Waals surface area (Å²) in [7, 11) is 0. The standard InChI is InChI=1S/C11H10ClN3O2/c12-10(16)3-4-11(17)14-8-2-1-7-6-13-15-9(7)5-8/h1-2,5-6H,3-4H2,(H,13,15)(H,14,17). The van der Waals surface area contributed by atoms with Gasteiger partial charge in [0.2, 0.25) is 11.1 Å². The van der Waals surface area contributed by atoms with Gasteiger partial charge in [-0.3, -0.25) is 14.7 Å². The molecule has 2 rings (SSSR count). The summed E-state index contributed by atoms with van der Waals surface area (Å²) in [5.74, 6) is -0.238. The van der Waals surface area contributed by atoms with Gasteiger partial charge in [-0.2, -0.15) is 5.10 Å². The highest BCUT2D eigenvalue weighted by Gasteiger charge is 2.06. The van der Waals surface area contributed by atoms with Crippen molar-refractivity contribution < 1.29 is 9.59 Å². The first-order valence-corrected chi connectivity index (χ1v) is 5.44. The Bertz CT molecular complexity index is 565. The second kappa shape index (κ2) is 4.97. The van der Waals surface area contributed by atoms with E-state index in [9.17, 15) is 9.59 Å². The van der Waals surface area contributed by atoms with E-state index in [0.29, 0.717) is 5.69 Å². The van der Waals surface area contributed by atoms with Gasteiger partial charge in [0.1, 0.15) is 0 Å². The first-order chi connectivity index (χ1) is 8.15. The molecule has 0 aliphatic heterocycles. The smallest absolute Gasteiger partial charge is 0.224 e. The molecule has 17 heavy (non-hydrogen) atoms. The van der Waals surface area contributed by atoms with E-state index in [0.717, 1.165) is 10.9 Å². The predicted molar refractivity (Wildman–Crippen MR) is 64.8 cm³/mol. The van der Waals surface area contributed by atoms with Crippen LogP contribution in [0.15, 0.2) is 24.4 Å². The number of carbonyl (C=O) groups is 2. The fourth-order valence-electron chi connectivity index (χ4n) is 1.45. The van der Waals surface area contributed by atoms with Crippen LogP contribution in [0.2, 0.25) is 0 Å². The molecule has 1 amide bonds. The van der Waals surface area contributed by atoms with Gasteiger partial charge in [0.15, 0.2) is 0 Å². The molecular weight excluding hydrogens is 242 g/mol. The molecule has 0 saturated carbocycles. The average Bonchev–Trinajstić information content (AvgIpc) is 2.73. The van der Waals surface area contributed by atoms with Crippen molar-refractivity contribution >= 4 is 39.3 Å². The van der Waals surface area contributed by atoms with Crippen LogP contribution in [-0.2, 0) is 9.59 Å². The summed E-state index contributed by atoms with van der Waals surface area (Å²) >= 11 is 5.16. The average molecular weight is 252 g/mol. The summed E-state index contributed by atoms with van der Waals surface area (Å²) in [6.07, 6.45) is 1.83. The highest BCUT2D eigenvalue weighted by Crippen LogP contribution is 2.16. The van der Waals surface area contributed by atoms with E-state index in [2.05, 4.69) is 15.5 Å². The van der Waals surface area contributed by atoms with Gasteiger partial charge in [0.25, 0.3) is 0 Å². The van der Waals surface area contributed by atoms with Gasteiger partial charge in [-0.05, 0) is 29.8 Å². The van der Waals surface area contributed by atoms with Crippen molar-refractivity contribution in [2.45, 2.75) is 12.8 Å². The Hall–Kier alpha value is -1.88. The lowest BCUT2D eigenvalue weighted by atomic mass is 10.2. The molecule has 2 aromatic rings. The van der Waals surface area contributed by atoms with E-state index in [1.54, 1.807) is 18.3 Å². The molecule has 0 fully saturated rings. The number of hydrogen-bond donors (Lipinski definition) is 2. The predicted octanol–water partition coefficient (Wildman–Crippen LogP) is 2.05. The van der Waals surface area contributed by atoms with Crippen LogP contribution in [0.4, 0.5) is 5.69 Å². The van der Waals surface area contributed by atoms with Crippen LogP contribution in [-0.4, -0.2) is 21.3 Å². The zero-order chi connectivity index (χ0) is 12.3. The second-order valence-corrected chi connectivity index (χ2v) is 4.00. The normalized spacial score (nSPS) is 10.4. The van der Waals surface area contributed by atoms with Crippen LogP contribution in [0.3, 0.4) is 0 Å². The molecule has 2 N–H and O–H groups in total. The Morgan fingerprint density at radius 2 is 2.18 bits per heavy atom. The zero-order valence-electron chi connectivity index (χ0n) is 8.87. The number of H-pyrrole nitrogens is 1. The lowest BCUT2D eigenvalue weighted by Gasteiger charge is -2.03. The number of amides is 1. The minimum atomic E-state index is -0.510. The number of aromatic amines is 1. The summed E-state index contributed by atoms with van der Waals surface area (Å²) < 4.78 is 0. The van der Waals surface area contributed by atoms with Crippen molar-refractivity contribution in [2.75, 3.05) is 5.32 Å². The number of benzene rings is 1. The Morgan fingerprint density at radius 1 is 1.35 bits per heavy atom.